The molecule has 0 unspecified atom stereocenters. The van der Waals surface area contributed by atoms with Gasteiger partial charge in [-0.2, -0.15) is 5.10 Å². The summed E-state index contributed by atoms with van der Waals surface area (Å²) in [5, 5.41) is 11.1. The van der Waals surface area contributed by atoms with Crippen molar-refractivity contribution in [3.63, 3.8) is 0 Å². The second kappa shape index (κ2) is 11.1. The Bertz CT molecular complexity index is 1700. The molecule has 1 aliphatic carbocycles. The molecule has 0 radical (unpaired) electrons. The van der Waals surface area contributed by atoms with Crippen LogP contribution in [0.3, 0.4) is 0 Å². The van der Waals surface area contributed by atoms with Gasteiger partial charge in [-0.25, -0.2) is 9.07 Å². The van der Waals surface area contributed by atoms with E-state index in [1.807, 2.05) is 38.1 Å². The summed E-state index contributed by atoms with van der Waals surface area (Å²) in [7, 11) is 3.19. The monoisotopic (exact) mass is 531 g/mol. The molecule has 0 saturated heterocycles. The minimum atomic E-state index is -0.473. The van der Waals surface area contributed by atoms with Crippen LogP contribution < -0.4 is 27.5 Å². The average Bonchev–Trinajstić information content (AvgIpc) is 3.77. The van der Waals surface area contributed by atoms with Crippen molar-refractivity contribution < 1.29 is 4.39 Å². The molecular weight excluding hydrogens is 497 g/mol. The van der Waals surface area contributed by atoms with E-state index in [0.717, 1.165) is 18.4 Å². The number of nitrogens with two attached hydrogens (primary N) is 1. The van der Waals surface area contributed by atoms with Gasteiger partial charge in [0.2, 0.25) is 0 Å². The normalized spacial score (nSPS) is 13.2. The predicted octanol–water partition coefficient (Wildman–Crippen LogP) is 4.98. The maximum atomic E-state index is 14.8. The molecule has 5 rings (SSSR count). The second-order valence-corrected chi connectivity index (χ2v) is 9.34. The molecule has 1 fully saturated rings. The van der Waals surface area contributed by atoms with Gasteiger partial charge in [-0.3, -0.25) is 14.6 Å². The maximum Gasteiger partial charge on any atom is 0.278 e. The number of hydrogen-bond acceptors (Lipinski definition) is 5. The number of benzene rings is 2. The Morgan fingerprint density at radius 3 is 2.46 bits per heavy atom. The average molecular weight is 532 g/mol. The molecule has 204 valence electrons. The van der Waals surface area contributed by atoms with E-state index in [0.29, 0.717) is 28.0 Å². The Balaban J connectivity index is 0.00000172. The fourth-order valence-electron chi connectivity index (χ4n) is 4.46. The van der Waals surface area contributed by atoms with Gasteiger partial charge >= 0.3 is 0 Å². The summed E-state index contributed by atoms with van der Waals surface area (Å²) in [4.78, 5) is 31.1. The van der Waals surface area contributed by atoms with Gasteiger partial charge in [0.05, 0.1) is 28.3 Å². The summed E-state index contributed by atoms with van der Waals surface area (Å²) in [6.07, 6.45) is 1.67. The number of halogens is 1. The lowest BCUT2D eigenvalue weighted by Gasteiger charge is -2.19. The van der Waals surface area contributed by atoms with E-state index in [2.05, 4.69) is 15.6 Å². The number of guanidine groups is 1. The summed E-state index contributed by atoms with van der Waals surface area (Å²) < 4.78 is 17.7. The lowest BCUT2D eigenvalue weighted by molar-refractivity contribution is 0.607. The molecule has 0 spiro atoms. The van der Waals surface area contributed by atoms with Crippen molar-refractivity contribution in [3.05, 3.63) is 80.1 Å². The van der Waals surface area contributed by atoms with E-state index >= 15 is 0 Å². The van der Waals surface area contributed by atoms with Gasteiger partial charge in [0.1, 0.15) is 11.5 Å². The molecule has 39 heavy (non-hydrogen) atoms. The third-order valence-electron chi connectivity index (χ3n) is 6.60. The maximum absolute atomic E-state index is 14.8. The first-order valence-corrected chi connectivity index (χ1v) is 13.0. The third-order valence-corrected chi connectivity index (χ3v) is 6.60. The fraction of sp³-hybridized carbons (Fsp3) is 0.310. The van der Waals surface area contributed by atoms with Crippen LogP contribution in [0.4, 0.5) is 21.5 Å². The van der Waals surface area contributed by atoms with Crippen LogP contribution in [0.25, 0.3) is 22.2 Å². The van der Waals surface area contributed by atoms with E-state index in [9.17, 15) is 14.0 Å². The van der Waals surface area contributed by atoms with Crippen molar-refractivity contribution in [2.45, 2.75) is 46.6 Å². The van der Waals surface area contributed by atoms with Crippen LogP contribution in [-0.4, -0.2) is 27.4 Å². The molecule has 0 atom stereocenters. The first-order chi connectivity index (χ1) is 18.7. The van der Waals surface area contributed by atoms with Gasteiger partial charge in [-0.15, -0.1) is 0 Å². The van der Waals surface area contributed by atoms with Crippen molar-refractivity contribution in [1.29, 1.82) is 0 Å². The number of aliphatic imine (C=N–C) groups is 1. The standard InChI is InChI=1S/C27H28FN7O2.C2H6/c1-14-8-11-20(19(28)12-14)32-22-15(2)25(36)34(4)24-21(22)26(37)35(18-9-10-18)33-23(24)16-6-5-7-17(13-16)31-27(29)30-3;1-2/h5-8,11-13,18,32H,9-10H2,1-4H3,(H3,29,30,31);1-2H3. The Labute approximate surface area is 226 Å². The summed E-state index contributed by atoms with van der Waals surface area (Å²) >= 11 is 0. The highest BCUT2D eigenvalue weighted by molar-refractivity contribution is 6.01. The number of rotatable bonds is 5. The summed E-state index contributed by atoms with van der Waals surface area (Å²) in [6.45, 7) is 7.43. The van der Waals surface area contributed by atoms with Crippen LogP contribution >= 0.6 is 0 Å². The van der Waals surface area contributed by atoms with E-state index in [1.54, 1.807) is 40.1 Å². The minimum Gasteiger partial charge on any atom is -0.370 e. The van der Waals surface area contributed by atoms with Crippen LogP contribution in [0.2, 0.25) is 0 Å². The zero-order valence-corrected chi connectivity index (χ0v) is 23.1. The predicted molar refractivity (Wildman–Crippen MR) is 157 cm³/mol. The Morgan fingerprint density at radius 1 is 1.10 bits per heavy atom. The van der Waals surface area contributed by atoms with Gasteiger partial charge in [-0.05, 0) is 56.5 Å². The molecule has 2 aromatic heterocycles. The Morgan fingerprint density at radius 2 is 1.82 bits per heavy atom. The molecule has 10 heteroatoms. The molecule has 0 aliphatic heterocycles. The molecular formula is C29H34FN7O2. The molecule has 2 heterocycles. The van der Waals surface area contributed by atoms with Crippen molar-refractivity contribution in [1.82, 2.24) is 14.3 Å². The third kappa shape index (κ3) is 5.27. The quantitative estimate of drug-likeness (QED) is 0.247. The fourth-order valence-corrected chi connectivity index (χ4v) is 4.46. The highest BCUT2D eigenvalue weighted by atomic mass is 19.1. The van der Waals surface area contributed by atoms with Gasteiger partial charge in [0, 0.05) is 30.9 Å². The topological polar surface area (TPSA) is 119 Å². The molecule has 1 saturated carbocycles. The zero-order chi connectivity index (χ0) is 28.4. The molecule has 1 aliphatic rings. The number of aryl methyl sites for hydroxylation is 2. The van der Waals surface area contributed by atoms with Gasteiger partial charge in [0.15, 0.2) is 5.96 Å². The van der Waals surface area contributed by atoms with Gasteiger partial charge in [0.25, 0.3) is 11.1 Å². The smallest absolute Gasteiger partial charge is 0.278 e. The van der Waals surface area contributed by atoms with Crippen LogP contribution in [-0.2, 0) is 7.05 Å². The molecule has 2 aromatic carbocycles. The zero-order valence-electron chi connectivity index (χ0n) is 23.1. The van der Waals surface area contributed by atoms with Crippen LogP contribution in [0.5, 0.6) is 0 Å². The van der Waals surface area contributed by atoms with Crippen LogP contribution in [0.15, 0.2) is 57.0 Å². The van der Waals surface area contributed by atoms with E-state index < -0.39 is 5.82 Å². The van der Waals surface area contributed by atoms with Crippen molar-refractivity contribution in [3.8, 4) is 11.3 Å². The molecule has 0 amide bonds. The van der Waals surface area contributed by atoms with E-state index in [4.69, 9.17) is 10.8 Å². The van der Waals surface area contributed by atoms with Crippen molar-refractivity contribution >= 4 is 33.9 Å². The van der Waals surface area contributed by atoms with Crippen molar-refractivity contribution in [2.24, 2.45) is 17.8 Å². The highest BCUT2D eigenvalue weighted by Crippen LogP contribution is 2.37. The number of anilines is 3. The molecule has 4 N–H and O–H groups in total. The summed E-state index contributed by atoms with van der Waals surface area (Å²) in [5.41, 5.74) is 8.92. The van der Waals surface area contributed by atoms with E-state index in [-0.39, 0.29) is 39.9 Å². The first-order valence-electron chi connectivity index (χ1n) is 13.0. The Hall–Kier alpha value is -4.47. The van der Waals surface area contributed by atoms with E-state index in [1.165, 1.54) is 15.3 Å². The Kier molecular flexibility index (Phi) is 7.85. The summed E-state index contributed by atoms with van der Waals surface area (Å²) in [5.74, 6) is -0.230. The molecule has 9 nitrogen and oxygen atoms in total. The summed E-state index contributed by atoms with van der Waals surface area (Å²) in [6, 6.07) is 12.1. The van der Waals surface area contributed by atoms with Gasteiger partial charge in [-0.1, -0.05) is 32.0 Å². The van der Waals surface area contributed by atoms with Crippen LogP contribution in [0.1, 0.15) is 43.9 Å². The number of pyridine rings is 1. The number of hydrogen-bond donors (Lipinski definition) is 3. The molecule has 0 bridgehead atoms. The lowest BCUT2D eigenvalue weighted by atomic mass is 10.0. The number of fused-ring (bicyclic) bond motifs is 1. The minimum absolute atomic E-state index is 0.0265. The largest absolute Gasteiger partial charge is 0.370 e. The number of nitrogens with one attached hydrogen (secondary N) is 2. The number of nitrogens with zero attached hydrogens (tertiary/aromatic N) is 4. The lowest BCUT2D eigenvalue weighted by Crippen LogP contribution is -2.30. The van der Waals surface area contributed by atoms with Crippen molar-refractivity contribution in [2.75, 3.05) is 17.7 Å². The highest BCUT2D eigenvalue weighted by Gasteiger charge is 2.30. The SMILES string of the molecule is CC.CN=C(N)Nc1cccc(-c2nn(C3CC3)c(=O)c3c(Nc4ccc(C)cc4F)c(C)c(=O)n(C)c23)c1. The van der Waals surface area contributed by atoms with Crippen LogP contribution in [0, 0.1) is 19.7 Å². The molecule has 4 aromatic rings. The van der Waals surface area contributed by atoms with Gasteiger partial charge < -0.3 is 20.9 Å². The number of aromatic nitrogens is 3. The second-order valence-electron chi connectivity index (χ2n) is 9.34. The first kappa shape index (κ1) is 27.6.